The molecule has 0 aromatic rings. The summed E-state index contributed by atoms with van der Waals surface area (Å²) in [7, 11) is 0. The van der Waals surface area contributed by atoms with E-state index in [1.165, 1.54) is 116 Å². The minimum atomic E-state index is -1.54. The summed E-state index contributed by atoms with van der Waals surface area (Å²) in [6.07, 6.45) is 44.2. The fraction of sp³-hybridized carbons (Fsp3) is 0.820. The van der Waals surface area contributed by atoms with E-state index in [0.717, 1.165) is 64.2 Å². The molecule has 1 heterocycles. The summed E-state index contributed by atoms with van der Waals surface area (Å²) >= 11 is 0. The second-order valence-electron chi connectivity index (χ2n) is 16.6. The van der Waals surface area contributed by atoms with Crippen LogP contribution in [-0.2, 0) is 23.7 Å². The molecule has 0 bridgehead atoms. The number of allylic oxidation sites excluding steroid dienone is 8. The van der Waals surface area contributed by atoms with Crippen LogP contribution in [0.5, 0.6) is 0 Å². The van der Waals surface area contributed by atoms with Crippen LogP contribution >= 0.6 is 0 Å². The van der Waals surface area contributed by atoms with Gasteiger partial charge in [0.15, 0.2) is 6.29 Å². The van der Waals surface area contributed by atoms with Gasteiger partial charge in [-0.2, -0.15) is 0 Å². The standard InChI is InChI=1S/C50H90O9/c1-3-5-7-9-11-13-15-17-18-19-20-21-22-23-24-25-26-27-29-31-33-35-37-39-46(52)58-44(43-57-50-49(55)48(54)47(53)45(41-51)59-50)42-56-40-38-36-34-32-30-28-16-14-12-10-8-6-4-2/h12,14-15,17,19-20,22-23,44-45,47-51,53-55H,3-11,13,16,18,21,24-43H2,1-2H3/b14-12-,17-15-,20-19-,23-22-. The Bertz CT molecular complexity index is 1040. The molecule has 59 heavy (non-hydrogen) atoms. The van der Waals surface area contributed by atoms with Gasteiger partial charge < -0.3 is 39.4 Å². The molecule has 0 spiro atoms. The normalized spacial score (nSPS) is 20.5. The van der Waals surface area contributed by atoms with Crippen LogP contribution in [0.3, 0.4) is 0 Å². The first kappa shape index (κ1) is 55.2. The number of ether oxygens (including phenoxy) is 4. The molecule has 4 N–H and O–H groups in total. The first-order valence-corrected chi connectivity index (χ1v) is 24.2. The van der Waals surface area contributed by atoms with Crippen molar-refractivity contribution in [3.05, 3.63) is 48.6 Å². The molecule has 0 saturated carbocycles. The molecule has 9 nitrogen and oxygen atoms in total. The molecule has 1 aliphatic rings. The number of hydrogen-bond donors (Lipinski definition) is 4. The van der Waals surface area contributed by atoms with Crippen LogP contribution in [-0.4, -0.2) is 89.6 Å². The van der Waals surface area contributed by atoms with E-state index in [9.17, 15) is 25.2 Å². The molecule has 0 radical (unpaired) electrons. The van der Waals surface area contributed by atoms with E-state index >= 15 is 0 Å². The van der Waals surface area contributed by atoms with Crippen molar-refractivity contribution in [2.75, 3.05) is 26.4 Å². The van der Waals surface area contributed by atoms with Crippen molar-refractivity contribution >= 4 is 5.97 Å². The lowest BCUT2D eigenvalue weighted by molar-refractivity contribution is -0.305. The number of aliphatic hydroxyl groups is 4. The number of aliphatic hydroxyl groups excluding tert-OH is 4. The lowest BCUT2D eigenvalue weighted by Crippen LogP contribution is -2.59. The van der Waals surface area contributed by atoms with Gasteiger partial charge in [0, 0.05) is 13.0 Å². The van der Waals surface area contributed by atoms with Crippen molar-refractivity contribution in [1.29, 1.82) is 0 Å². The van der Waals surface area contributed by atoms with Crippen molar-refractivity contribution in [3.63, 3.8) is 0 Å². The largest absolute Gasteiger partial charge is 0.457 e. The quantitative estimate of drug-likeness (QED) is 0.0270. The van der Waals surface area contributed by atoms with Crippen LogP contribution in [0.15, 0.2) is 48.6 Å². The van der Waals surface area contributed by atoms with Gasteiger partial charge in [0.05, 0.1) is 19.8 Å². The van der Waals surface area contributed by atoms with Crippen molar-refractivity contribution < 1.29 is 44.2 Å². The monoisotopic (exact) mass is 835 g/mol. The molecule has 1 saturated heterocycles. The minimum Gasteiger partial charge on any atom is -0.457 e. The average molecular weight is 835 g/mol. The molecule has 1 fully saturated rings. The molecule has 6 atom stereocenters. The lowest BCUT2D eigenvalue weighted by Gasteiger charge is -2.39. The molecule has 344 valence electrons. The summed E-state index contributed by atoms with van der Waals surface area (Å²) in [5.74, 6) is -0.323. The summed E-state index contributed by atoms with van der Waals surface area (Å²) in [5, 5.41) is 40.1. The molecule has 1 aliphatic heterocycles. The van der Waals surface area contributed by atoms with E-state index in [2.05, 4.69) is 62.5 Å². The SMILES string of the molecule is CCCCC/C=C\CCCCCCCCOCC(COC1OC(CO)C(O)C(O)C1O)OC(=O)CCCCCCCCCC/C=C\C/C=C\C/C=C\CCCCCCC. The predicted molar refractivity (Wildman–Crippen MR) is 242 cm³/mol. The maximum atomic E-state index is 12.8. The lowest BCUT2D eigenvalue weighted by atomic mass is 9.99. The second kappa shape index (κ2) is 41.5. The summed E-state index contributed by atoms with van der Waals surface area (Å²) in [6, 6.07) is 0. The van der Waals surface area contributed by atoms with Crippen molar-refractivity contribution in [2.45, 2.75) is 237 Å². The number of hydrogen-bond acceptors (Lipinski definition) is 9. The number of unbranched alkanes of at least 4 members (excludes halogenated alkanes) is 22. The second-order valence-corrected chi connectivity index (χ2v) is 16.6. The molecular formula is C50H90O9. The van der Waals surface area contributed by atoms with Crippen molar-refractivity contribution in [1.82, 2.24) is 0 Å². The number of rotatable bonds is 41. The molecule has 0 aliphatic carbocycles. The van der Waals surface area contributed by atoms with E-state index in [-0.39, 0.29) is 19.2 Å². The molecule has 0 aromatic carbocycles. The van der Waals surface area contributed by atoms with Gasteiger partial charge in [-0.15, -0.1) is 0 Å². The number of carbonyl (C=O) groups excluding carboxylic acids is 1. The summed E-state index contributed by atoms with van der Waals surface area (Å²) in [6.45, 7) is 4.51. The fourth-order valence-corrected chi connectivity index (χ4v) is 7.14. The zero-order chi connectivity index (χ0) is 42.9. The van der Waals surface area contributed by atoms with Crippen LogP contribution in [0.1, 0.15) is 200 Å². The topological polar surface area (TPSA) is 135 Å². The smallest absolute Gasteiger partial charge is 0.306 e. The zero-order valence-corrected chi connectivity index (χ0v) is 37.7. The fourth-order valence-electron chi connectivity index (χ4n) is 7.14. The van der Waals surface area contributed by atoms with Crippen LogP contribution in [0.4, 0.5) is 0 Å². The predicted octanol–water partition coefficient (Wildman–Crippen LogP) is 11.3. The summed E-state index contributed by atoms with van der Waals surface area (Å²) < 4.78 is 22.8. The highest BCUT2D eigenvalue weighted by Crippen LogP contribution is 2.22. The Morgan fingerprint density at radius 1 is 0.542 bits per heavy atom. The Balaban J connectivity index is 2.22. The Hall–Kier alpha value is -1.85. The Morgan fingerprint density at radius 2 is 0.983 bits per heavy atom. The van der Waals surface area contributed by atoms with E-state index < -0.39 is 43.4 Å². The third kappa shape index (κ3) is 32.5. The average Bonchev–Trinajstić information content (AvgIpc) is 3.24. The number of esters is 1. The molecule has 9 heteroatoms. The first-order valence-electron chi connectivity index (χ1n) is 24.2. The van der Waals surface area contributed by atoms with Gasteiger partial charge in [-0.3, -0.25) is 4.79 Å². The van der Waals surface area contributed by atoms with Crippen LogP contribution in [0, 0.1) is 0 Å². The highest BCUT2D eigenvalue weighted by Gasteiger charge is 2.44. The van der Waals surface area contributed by atoms with Gasteiger partial charge >= 0.3 is 5.97 Å². The molecule has 1 rings (SSSR count). The molecular weight excluding hydrogens is 745 g/mol. The summed E-state index contributed by atoms with van der Waals surface area (Å²) in [4.78, 5) is 12.8. The minimum absolute atomic E-state index is 0.120. The summed E-state index contributed by atoms with van der Waals surface area (Å²) in [5.41, 5.74) is 0. The van der Waals surface area contributed by atoms with Gasteiger partial charge in [0.2, 0.25) is 0 Å². The van der Waals surface area contributed by atoms with Gasteiger partial charge in [-0.25, -0.2) is 0 Å². The maximum absolute atomic E-state index is 12.8. The first-order chi connectivity index (χ1) is 28.9. The Labute approximate surface area is 361 Å². The third-order valence-electron chi connectivity index (χ3n) is 11.0. The zero-order valence-electron chi connectivity index (χ0n) is 37.7. The Morgan fingerprint density at radius 3 is 1.53 bits per heavy atom. The molecule has 0 amide bonds. The van der Waals surface area contributed by atoms with E-state index in [1.54, 1.807) is 0 Å². The van der Waals surface area contributed by atoms with Gasteiger partial charge in [-0.1, -0.05) is 165 Å². The van der Waals surface area contributed by atoms with Crippen molar-refractivity contribution in [3.8, 4) is 0 Å². The maximum Gasteiger partial charge on any atom is 0.306 e. The Kier molecular flexibility index (Phi) is 38.8. The highest BCUT2D eigenvalue weighted by molar-refractivity contribution is 5.69. The van der Waals surface area contributed by atoms with Gasteiger partial charge in [-0.05, 0) is 77.0 Å². The molecule has 6 unspecified atom stereocenters. The van der Waals surface area contributed by atoms with Crippen LogP contribution < -0.4 is 0 Å². The highest BCUT2D eigenvalue weighted by atomic mass is 16.7. The number of carbonyl (C=O) groups is 1. The van der Waals surface area contributed by atoms with E-state index in [0.29, 0.717) is 13.0 Å². The van der Waals surface area contributed by atoms with E-state index in [1.807, 2.05) is 0 Å². The van der Waals surface area contributed by atoms with Gasteiger partial charge in [0.1, 0.15) is 30.5 Å². The molecule has 0 aromatic heterocycles. The van der Waals surface area contributed by atoms with Crippen LogP contribution in [0.2, 0.25) is 0 Å². The van der Waals surface area contributed by atoms with E-state index in [4.69, 9.17) is 18.9 Å². The van der Waals surface area contributed by atoms with Gasteiger partial charge in [0.25, 0.3) is 0 Å². The third-order valence-corrected chi connectivity index (χ3v) is 11.0. The van der Waals surface area contributed by atoms with Crippen LogP contribution in [0.25, 0.3) is 0 Å². The van der Waals surface area contributed by atoms with Crippen molar-refractivity contribution in [2.24, 2.45) is 0 Å².